The summed E-state index contributed by atoms with van der Waals surface area (Å²) in [5.74, 6) is 0. The molecule has 0 aliphatic heterocycles. The molecule has 0 aliphatic rings. The molecule has 0 spiro atoms. The van der Waals surface area contributed by atoms with Crippen LogP contribution in [0.1, 0.15) is 110 Å². The average molecular weight is 311 g/mol. The summed E-state index contributed by atoms with van der Waals surface area (Å²) in [4.78, 5) is 0. The van der Waals surface area contributed by atoms with Gasteiger partial charge in [0, 0.05) is 9.52 Å². The van der Waals surface area contributed by atoms with Crippen molar-refractivity contribution >= 4 is 9.52 Å². The Kier molecular flexibility index (Phi) is 19.9. The first kappa shape index (κ1) is 21.0. The molecule has 0 bridgehead atoms. The highest BCUT2D eigenvalue weighted by molar-refractivity contribution is 6.41. The Morgan fingerprint density at radius 1 is 0.571 bits per heavy atom. The van der Waals surface area contributed by atoms with Crippen LogP contribution in [0, 0.1) is 0 Å². The predicted molar refractivity (Wildman–Crippen MR) is 103 cm³/mol. The van der Waals surface area contributed by atoms with Crippen LogP contribution in [0.5, 0.6) is 0 Å². The highest BCUT2D eigenvalue weighted by atomic mass is 28.2. The van der Waals surface area contributed by atoms with Gasteiger partial charge in [0.2, 0.25) is 0 Å². The first-order valence-electron chi connectivity index (χ1n) is 10.0. The van der Waals surface area contributed by atoms with Crippen LogP contribution in [-0.4, -0.2) is 9.52 Å². The van der Waals surface area contributed by atoms with Crippen LogP contribution in [0.3, 0.4) is 0 Å². The van der Waals surface area contributed by atoms with Gasteiger partial charge in [-0.3, -0.25) is 0 Å². The zero-order valence-electron chi connectivity index (χ0n) is 15.0. The Morgan fingerprint density at radius 3 is 1.24 bits per heavy atom. The van der Waals surface area contributed by atoms with Crippen LogP contribution in [0.4, 0.5) is 0 Å². The Bertz CT molecular complexity index is 188. The lowest BCUT2D eigenvalue weighted by Gasteiger charge is -2.03. The van der Waals surface area contributed by atoms with Crippen molar-refractivity contribution in [2.24, 2.45) is 0 Å². The zero-order chi connectivity index (χ0) is 15.4. The van der Waals surface area contributed by atoms with Gasteiger partial charge in [-0.05, 0) is 0 Å². The van der Waals surface area contributed by atoms with Gasteiger partial charge in [-0.1, -0.05) is 116 Å². The smallest absolute Gasteiger partial charge is 0.0446 e. The number of hydrogen-bond acceptors (Lipinski definition) is 0. The van der Waals surface area contributed by atoms with E-state index in [0.717, 1.165) is 0 Å². The second-order valence-corrected chi connectivity index (χ2v) is 8.60. The minimum Gasteiger partial charge on any atom is -0.109 e. The van der Waals surface area contributed by atoms with Crippen LogP contribution in [-0.2, 0) is 0 Å². The fraction of sp³-hybridized carbons (Fsp3) is 0.900. The van der Waals surface area contributed by atoms with E-state index in [4.69, 9.17) is 0 Å². The maximum Gasteiger partial charge on any atom is 0.0446 e. The Hall–Kier alpha value is -0.0431. The number of hydrogen-bond donors (Lipinski definition) is 0. The van der Waals surface area contributed by atoms with Crippen molar-refractivity contribution in [3.05, 3.63) is 12.3 Å². The van der Waals surface area contributed by atoms with Crippen molar-refractivity contribution < 1.29 is 0 Å². The van der Waals surface area contributed by atoms with Crippen molar-refractivity contribution in [3.63, 3.8) is 0 Å². The summed E-state index contributed by atoms with van der Waals surface area (Å²) in [6.45, 7) is 6.13. The van der Waals surface area contributed by atoms with Crippen molar-refractivity contribution in [1.29, 1.82) is 0 Å². The number of rotatable bonds is 18. The van der Waals surface area contributed by atoms with Crippen LogP contribution < -0.4 is 0 Å². The van der Waals surface area contributed by atoms with E-state index < -0.39 is 0 Å². The van der Waals surface area contributed by atoms with E-state index in [2.05, 4.69) is 19.2 Å². The van der Waals surface area contributed by atoms with Gasteiger partial charge >= 0.3 is 0 Å². The van der Waals surface area contributed by atoms with E-state index in [9.17, 15) is 0 Å². The molecule has 126 valence electrons. The molecular weight excluding hydrogens is 268 g/mol. The second kappa shape index (κ2) is 20.0. The van der Waals surface area contributed by atoms with Gasteiger partial charge in [0.25, 0.3) is 0 Å². The van der Waals surface area contributed by atoms with Gasteiger partial charge in [0.05, 0.1) is 0 Å². The first-order chi connectivity index (χ1) is 10.4. The monoisotopic (exact) mass is 310 g/mol. The summed E-state index contributed by atoms with van der Waals surface area (Å²) in [5, 5.41) is 0. The fourth-order valence-electron chi connectivity index (χ4n) is 3.01. The molecule has 0 aliphatic carbocycles. The maximum absolute atomic E-state index is 3.83. The Balaban J connectivity index is 2.91. The minimum absolute atomic E-state index is 0.121. The summed E-state index contributed by atoms with van der Waals surface area (Å²) in [6.07, 6.45) is 23.5. The van der Waals surface area contributed by atoms with Crippen molar-refractivity contribution in [1.82, 2.24) is 0 Å². The van der Waals surface area contributed by atoms with E-state index in [-0.39, 0.29) is 9.52 Å². The molecule has 0 aromatic heterocycles. The van der Waals surface area contributed by atoms with Crippen LogP contribution in [0.15, 0.2) is 12.3 Å². The molecule has 0 rings (SSSR count). The maximum atomic E-state index is 3.83. The minimum atomic E-state index is 0.121. The second-order valence-electron chi connectivity index (χ2n) is 6.73. The fourth-order valence-corrected chi connectivity index (χ4v) is 3.94. The van der Waals surface area contributed by atoms with Crippen molar-refractivity contribution in [3.8, 4) is 0 Å². The van der Waals surface area contributed by atoms with Gasteiger partial charge < -0.3 is 0 Å². The molecule has 0 amide bonds. The third-order valence-corrected chi connectivity index (χ3v) is 5.83. The van der Waals surface area contributed by atoms with Crippen LogP contribution in [0.25, 0.3) is 0 Å². The van der Waals surface area contributed by atoms with Crippen molar-refractivity contribution in [2.75, 3.05) is 0 Å². The van der Waals surface area contributed by atoms with Crippen molar-refractivity contribution in [2.45, 2.75) is 116 Å². The summed E-state index contributed by atoms with van der Waals surface area (Å²) in [6, 6.07) is 1.49. The van der Waals surface area contributed by atoms with Gasteiger partial charge in [-0.25, -0.2) is 0 Å². The van der Waals surface area contributed by atoms with Crippen LogP contribution in [0.2, 0.25) is 6.04 Å². The Morgan fingerprint density at radius 2 is 0.905 bits per heavy atom. The third-order valence-electron chi connectivity index (χ3n) is 4.51. The van der Waals surface area contributed by atoms with Gasteiger partial charge in [0.1, 0.15) is 0 Å². The molecular formula is C20H42Si. The summed E-state index contributed by atoms with van der Waals surface area (Å²) in [5.41, 5.74) is 2.19. The lowest BCUT2D eigenvalue weighted by molar-refractivity contribution is 0.531. The molecule has 1 heteroatoms. The number of unbranched alkanes of at least 4 members (excludes halogenated alkanes) is 15. The molecule has 0 saturated carbocycles. The summed E-state index contributed by atoms with van der Waals surface area (Å²) >= 11 is 0. The third kappa shape index (κ3) is 20.0. The van der Waals surface area contributed by atoms with E-state index in [1.165, 1.54) is 109 Å². The molecule has 0 radical (unpaired) electrons. The lowest BCUT2D eigenvalue weighted by Crippen LogP contribution is -1.85. The topological polar surface area (TPSA) is 0 Å². The Labute approximate surface area is 138 Å². The highest BCUT2D eigenvalue weighted by Gasteiger charge is 1.94. The molecule has 0 heterocycles. The van der Waals surface area contributed by atoms with Gasteiger partial charge in [-0.15, -0.1) is 12.3 Å². The van der Waals surface area contributed by atoms with E-state index in [0.29, 0.717) is 0 Å². The lowest BCUT2D eigenvalue weighted by atomic mass is 10.0. The molecule has 0 aromatic rings. The molecule has 21 heavy (non-hydrogen) atoms. The highest BCUT2D eigenvalue weighted by Crippen LogP contribution is 2.13. The largest absolute Gasteiger partial charge is 0.109 e. The van der Waals surface area contributed by atoms with Crippen LogP contribution >= 0.6 is 0 Å². The summed E-state index contributed by atoms with van der Waals surface area (Å²) in [7, 11) is 0.121. The molecule has 0 unspecified atom stereocenters. The molecule has 0 saturated heterocycles. The SMILES string of the molecule is C=C[SiH2]CCCCCCCCCCCCCCCCCC. The van der Waals surface area contributed by atoms with E-state index in [1.54, 1.807) is 0 Å². The molecule has 0 atom stereocenters. The molecule has 0 nitrogen and oxygen atoms in total. The predicted octanol–water partition coefficient (Wildman–Crippen LogP) is 6.98. The molecule has 0 N–H and O–H groups in total. The quantitative estimate of drug-likeness (QED) is 0.189. The van der Waals surface area contributed by atoms with E-state index >= 15 is 0 Å². The first-order valence-corrected chi connectivity index (χ1v) is 11.8. The average Bonchev–Trinajstić information content (AvgIpc) is 2.50. The zero-order valence-corrected chi connectivity index (χ0v) is 16.4. The van der Waals surface area contributed by atoms with E-state index in [1.807, 2.05) is 0 Å². The molecule has 0 aromatic carbocycles. The van der Waals surface area contributed by atoms with Gasteiger partial charge in [0.15, 0.2) is 0 Å². The molecule has 0 fully saturated rings. The normalized spacial score (nSPS) is 11.5. The van der Waals surface area contributed by atoms with Gasteiger partial charge in [-0.2, -0.15) is 0 Å². The standard InChI is InChI=1S/C20H42Si/c1-3-5-6-7-8-9-10-11-12-13-14-15-16-17-18-19-20-21-4-2/h4H,2-3,5-21H2,1H3. The summed E-state index contributed by atoms with van der Waals surface area (Å²) < 4.78 is 0.